The van der Waals surface area contributed by atoms with Crippen LogP contribution in [0.5, 0.6) is 0 Å². The van der Waals surface area contributed by atoms with Gasteiger partial charge in [-0.15, -0.1) is 11.3 Å². The molecule has 1 aliphatic heterocycles. The smallest absolute Gasteiger partial charge is 0.267 e. The highest BCUT2D eigenvalue weighted by atomic mass is 32.1. The Morgan fingerprint density at radius 3 is 2.85 bits per heavy atom. The summed E-state index contributed by atoms with van der Waals surface area (Å²) in [5.41, 5.74) is 4.72. The molecule has 0 spiro atoms. The van der Waals surface area contributed by atoms with E-state index in [1.165, 1.54) is 35.4 Å². The van der Waals surface area contributed by atoms with Crippen molar-refractivity contribution in [3.05, 3.63) is 75.7 Å². The molecule has 3 aromatic rings. The first kappa shape index (κ1) is 16.5. The Labute approximate surface area is 162 Å². The second-order valence-corrected chi connectivity index (χ2v) is 8.31. The molecule has 2 heterocycles. The van der Waals surface area contributed by atoms with Gasteiger partial charge < -0.3 is 10.2 Å². The minimum atomic E-state index is -0.0614. The van der Waals surface area contributed by atoms with E-state index in [2.05, 4.69) is 45.5 Å². The average molecular weight is 375 g/mol. The third kappa shape index (κ3) is 3.35. The first-order valence-corrected chi connectivity index (χ1v) is 10.3. The second kappa shape index (κ2) is 6.82. The molecule has 0 bridgehead atoms. The van der Waals surface area contributed by atoms with Crippen molar-refractivity contribution in [3.63, 3.8) is 0 Å². The standard InChI is InChI=1S/C22H21N3OS/c26-21(20-13-23-22(27-20)16-9-10-16)24-18-7-3-1-6-17(18)14-25-12-11-15-5-2-4-8-19(15)25/h1-8,13,16H,9-12,14H2,(H,24,26). The summed E-state index contributed by atoms with van der Waals surface area (Å²) >= 11 is 1.53. The van der Waals surface area contributed by atoms with Gasteiger partial charge in [-0.25, -0.2) is 4.98 Å². The van der Waals surface area contributed by atoms with E-state index in [-0.39, 0.29) is 5.91 Å². The fraction of sp³-hybridized carbons (Fsp3) is 0.273. The van der Waals surface area contributed by atoms with Crippen LogP contribution in [0.3, 0.4) is 0 Å². The van der Waals surface area contributed by atoms with Gasteiger partial charge in [0, 0.05) is 30.4 Å². The molecule has 1 saturated carbocycles. The van der Waals surface area contributed by atoms with Crippen LogP contribution >= 0.6 is 11.3 Å². The number of aromatic nitrogens is 1. The van der Waals surface area contributed by atoms with Crippen LogP contribution < -0.4 is 10.2 Å². The van der Waals surface area contributed by atoms with Crippen LogP contribution in [0.1, 0.15) is 44.6 Å². The van der Waals surface area contributed by atoms with Gasteiger partial charge in [-0.05, 0) is 42.5 Å². The molecule has 0 unspecified atom stereocenters. The predicted octanol–water partition coefficient (Wildman–Crippen LogP) is 4.84. The predicted molar refractivity (Wildman–Crippen MR) is 110 cm³/mol. The zero-order valence-electron chi connectivity index (χ0n) is 15.0. The molecule has 27 heavy (non-hydrogen) atoms. The largest absolute Gasteiger partial charge is 0.367 e. The number of hydrogen-bond donors (Lipinski definition) is 1. The number of benzene rings is 2. The molecule has 136 valence electrons. The summed E-state index contributed by atoms with van der Waals surface area (Å²) < 4.78 is 0. The highest BCUT2D eigenvalue weighted by molar-refractivity contribution is 7.13. The van der Waals surface area contributed by atoms with Crippen LogP contribution in [0.2, 0.25) is 0 Å². The molecule has 5 heteroatoms. The maximum atomic E-state index is 12.7. The van der Waals surface area contributed by atoms with E-state index in [1.807, 2.05) is 18.2 Å². The minimum Gasteiger partial charge on any atom is -0.367 e. The molecule has 1 aliphatic carbocycles. The molecular weight excluding hydrogens is 354 g/mol. The number of para-hydroxylation sites is 2. The molecule has 4 nitrogen and oxygen atoms in total. The lowest BCUT2D eigenvalue weighted by atomic mass is 10.1. The van der Waals surface area contributed by atoms with Crippen molar-refractivity contribution in [1.82, 2.24) is 4.98 Å². The van der Waals surface area contributed by atoms with Crippen molar-refractivity contribution in [3.8, 4) is 0 Å². The molecule has 0 radical (unpaired) electrons. The number of thiazole rings is 1. The highest BCUT2D eigenvalue weighted by Crippen LogP contribution is 2.41. The van der Waals surface area contributed by atoms with Gasteiger partial charge in [0.1, 0.15) is 4.88 Å². The lowest BCUT2D eigenvalue weighted by Gasteiger charge is -2.21. The SMILES string of the molecule is O=C(Nc1ccccc1CN1CCc2ccccc21)c1cnc(C2CC2)s1. The van der Waals surface area contributed by atoms with Crippen LogP contribution in [0.25, 0.3) is 0 Å². The minimum absolute atomic E-state index is 0.0614. The third-order valence-corrected chi connectivity index (χ3v) is 6.44. The van der Waals surface area contributed by atoms with Crippen LogP contribution in [0, 0.1) is 0 Å². The van der Waals surface area contributed by atoms with Crippen molar-refractivity contribution in [1.29, 1.82) is 0 Å². The van der Waals surface area contributed by atoms with E-state index in [4.69, 9.17) is 0 Å². The molecule has 2 aromatic carbocycles. The fourth-order valence-electron chi connectivity index (χ4n) is 3.65. The van der Waals surface area contributed by atoms with Gasteiger partial charge in [-0.1, -0.05) is 36.4 Å². The molecule has 1 amide bonds. The Hall–Kier alpha value is -2.66. The highest BCUT2D eigenvalue weighted by Gasteiger charge is 2.27. The van der Waals surface area contributed by atoms with Gasteiger partial charge >= 0.3 is 0 Å². The number of nitrogens with one attached hydrogen (secondary N) is 1. The van der Waals surface area contributed by atoms with Crippen molar-refractivity contribution in [2.45, 2.75) is 31.7 Å². The maximum absolute atomic E-state index is 12.7. The molecule has 2 aliphatic rings. The number of carbonyl (C=O) groups is 1. The molecular formula is C22H21N3OS. The van der Waals surface area contributed by atoms with Crippen LogP contribution in [0.15, 0.2) is 54.7 Å². The molecule has 1 N–H and O–H groups in total. The van der Waals surface area contributed by atoms with E-state index < -0.39 is 0 Å². The number of fused-ring (bicyclic) bond motifs is 1. The summed E-state index contributed by atoms with van der Waals surface area (Å²) in [7, 11) is 0. The Kier molecular flexibility index (Phi) is 4.17. The van der Waals surface area contributed by atoms with E-state index >= 15 is 0 Å². The zero-order chi connectivity index (χ0) is 18.2. The van der Waals surface area contributed by atoms with Crippen LogP contribution in [0.4, 0.5) is 11.4 Å². The van der Waals surface area contributed by atoms with E-state index in [0.29, 0.717) is 10.8 Å². The summed E-state index contributed by atoms with van der Waals surface area (Å²) in [6.07, 6.45) is 5.20. The van der Waals surface area contributed by atoms with Gasteiger partial charge in [0.05, 0.1) is 11.2 Å². The van der Waals surface area contributed by atoms with E-state index in [1.54, 1.807) is 6.20 Å². The Morgan fingerprint density at radius 1 is 1.15 bits per heavy atom. The molecule has 0 atom stereocenters. The summed E-state index contributed by atoms with van der Waals surface area (Å²) in [5.74, 6) is 0.521. The number of anilines is 2. The zero-order valence-corrected chi connectivity index (χ0v) is 15.8. The first-order valence-electron chi connectivity index (χ1n) is 9.46. The second-order valence-electron chi connectivity index (χ2n) is 7.25. The van der Waals surface area contributed by atoms with Gasteiger partial charge in [-0.3, -0.25) is 4.79 Å². The lowest BCUT2D eigenvalue weighted by molar-refractivity contribution is 0.103. The van der Waals surface area contributed by atoms with Crippen molar-refractivity contribution >= 4 is 28.6 Å². The van der Waals surface area contributed by atoms with Crippen LogP contribution in [-0.4, -0.2) is 17.4 Å². The van der Waals surface area contributed by atoms with Gasteiger partial charge in [0.2, 0.25) is 0 Å². The first-order chi connectivity index (χ1) is 13.3. The summed E-state index contributed by atoms with van der Waals surface area (Å²) in [6.45, 7) is 1.81. The number of hydrogen-bond acceptors (Lipinski definition) is 4. The maximum Gasteiger partial charge on any atom is 0.267 e. The van der Waals surface area contributed by atoms with Crippen molar-refractivity contribution in [2.24, 2.45) is 0 Å². The summed E-state index contributed by atoms with van der Waals surface area (Å²) in [6, 6.07) is 16.7. The van der Waals surface area contributed by atoms with Gasteiger partial charge in [-0.2, -0.15) is 0 Å². The van der Waals surface area contributed by atoms with Crippen molar-refractivity contribution < 1.29 is 4.79 Å². The van der Waals surface area contributed by atoms with E-state index in [0.717, 1.165) is 35.8 Å². The average Bonchev–Trinajstić information content (AvgIpc) is 3.28. The Balaban J connectivity index is 1.34. The number of amides is 1. The van der Waals surface area contributed by atoms with Crippen molar-refractivity contribution in [2.75, 3.05) is 16.8 Å². The quantitative estimate of drug-likeness (QED) is 0.694. The van der Waals surface area contributed by atoms with Gasteiger partial charge in [0.25, 0.3) is 5.91 Å². The molecule has 5 rings (SSSR count). The number of nitrogens with zero attached hydrogens (tertiary/aromatic N) is 2. The van der Waals surface area contributed by atoms with E-state index in [9.17, 15) is 4.79 Å². The monoisotopic (exact) mass is 375 g/mol. The number of carbonyl (C=O) groups excluding carboxylic acids is 1. The Bertz CT molecular complexity index is 992. The van der Waals surface area contributed by atoms with Gasteiger partial charge in [0.15, 0.2) is 0 Å². The summed E-state index contributed by atoms with van der Waals surface area (Å²) in [4.78, 5) is 20.2. The molecule has 1 fully saturated rings. The normalized spacial score (nSPS) is 15.6. The Morgan fingerprint density at radius 2 is 1.96 bits per heavy atom. The topological polar surface area (TPSA) is 45.2 Å². The fourth-order valence-corrected chi connectivity index (χ4v) is 4.63. The third-order valence-electron chi connectivity index (χ3n) is 5.28. The molecule has 1 aromatic heterocycles. The lowest BCUT2D eigenvalue weighted by Crippen LogP contribution is -2.21. The summed E-state index contributed by atoms with van der Waals surface area (Å²) in [5, 5.41) is 4.20. The molecule has 0 saturated heterocycles. The number of rotatable bonds is 5. The van der Waals surface area contributed by atoms with Crippen LogP contribution in [-0.2, 0) is 13.0 Å².